The van der Waals surface area contributed by atoms with Gasteiger partial charge in [-0.25, -0.2) is 19.2 Å². The Balaban J connectivity index is 1.62. The molecule has 166 valence electrons. The first-order chi connectivity index (χ1) is 15.3. The minimum atomic E-state index is -4.78. The molecule has 1 fully saturated rings. The third-order valence-electron chi connectivity index (χ3n) is 5.91. The van der Waals surface area contributed by atoms with Gasteiger partial charge in [0.05, 0.1) is 29.2 Å². The van der Waals surface area contributed by atoms with Crippen molar-refractivity contribution in [2.75, 3.05) is 0 Å². The van der Waals surface area contributed by atoms with E-state index in [9.17, 15) is 17.6 Å². The van der Waals surface area contributed by atoms with Crippen LogP contribution in [-0.4, -0.2) is 34.0 Å². The number of aromatic amines is 1. The van der Waals surface area contributed by atoms with Crippen LogP contribution in [0.2, 0.25) is 0 Å². The van der Waals surface area contributed by atoms with Crippen molar-refractivity contribution in [2.24, 2.45) is 5.73 Å². The van der Waals surface area contributed by atoms with Crippen molar-refractivity contribution >= 4 is 38.3 Å². The largest absolute Gasteiger partial charge is 0.420 e. The molecule has 1 amide bonds. The topological polar surface area (TPSA) is 133 Å². The van der Waals surface area contributed by atoms with Crippen molar-refractivity contribution in [3.63, 3.8) is 0 Å². The third-order valence-corrected chi connectivity index (χ3v) is 7.18. The highest BCUT2D eigenvalue weighted by Crippen LogP contribution is 2.36. The van der Waals surface area contributed by atoms with Crippen LogP contribution in [0.5, 0.6) is 0 Å². The molecule has 9 nitrogen and oxygen atoms in total. The molecule has 1 aliphatic carbocycles. The van der Waals surface area contributed by atoms with Gasteiger partial charge in [0.1, 0.15) is 11.3 Å². The third kappa shape index (κ3) is 3.38. The number of halogens is 1. The molecule has 32 heavy (non-hydrogen) atoms. The lowest BCUT2D eigenvalue weighted by molar-refractivity contribution is 0.212. The Bertz CT molecular complexity index is 1450. The molecule has 2 aromatic carbocycles. The van der Waals surface area contributed by atoms with Gasteiger partial charge in [-0.2, -0.15) is 8.42 Å². The lowest BCUT2D eigenvalue weighted by Crippen LogP contribution is -2.20. The summed E-state index contributed by atoms with van der Waals surface area (Å²) < 4.78 is 46.0. The summed E-state index contributed by atoms with van der Waals surface area (Å²) in [7, 11) is -4.78. The second-order valence-electron chi connectivity index (χ2n) is 7.86. The number of hydrogen-bond donors (Lipinski definition) is 2. The molecule has 0 radical (unpaired) electrons. The number of hydrogen-bond acceptors (Lipinski definition) is 6. The molecule has 1 saturated carbocycles. The van der Waals surface area contributed by atoms with Crippen molar-refractivity contribution in [2.45, 2.75) is 43.0 Å². The number of nitrogens with one attached hydrogen (secondary N) is 1. The first-order valence-electron chi connectivity index (χ1n) is 10.2. The van der Waals surface area contributed by atoms with Gasteiger partial charge in [-0.05, 0) is 36.6 Å². The quantitative estimate of drug-likeness (QED) is 0.445. The van der Waals surface area contributed by atoms with Crippen LogP contribution in [0.1, 0.15) is 38.1 Å². The number of rotatable bonds is 4. The van der Waals surface area contributed by atoms with E-state index in [-0.39, 0.29) is 11.0 Å². The summed E-state index contributed by atoms with van der Waals surface area (Å²) in [4.78, 5) is 21.4. The summed E-state index contributed by atoms with van der Waals surface area (Å²) in [6, 6.07) is 7.10. The minimum absolute atomic E-state index is 0.186. The summed E-state index contributed by atoms with van der Waals surface area (Å²) >= 11 is 0. The molecule has 0 unspecified atom stereocenters. The first-order valence-corrected chi connectivity index (χ1v) is 11.6. The average Bonchev–Trinajstić information content (AvgIpc) is 3.39. The van der Waals surface area contributed by atoms with Gasteiger partial charge in [-0.1, -0.05) is 25.3 Å². The van der Waals surface area contributed by atoms with Gasteiger partial charge < -0.3 is 19.5 Å². The van der Waals surface area contributed by atoms with E-state index in [1.807, 2.05) is 24.5 Å². The molecular weight excluding hydrogens is 437 g/mol. The summed E-state index contributed by atoms with van der Waals surface area (Å²) in [5, 5.41) is 0. The number of nitrogens with two attached hydrogens (primary N) is 1. The van der Waals surface area contributed by atoms with E-state index in [1.165, 1.54) is 25.6 Å². The normalized spacial score (nSPS) is 15.4. The molecule has 3 N–H and O–H groups in total. The van der Waals surface area contributed by atoms with E-state index >= 15 is 0 Å². The summed E-state index contributed by atoms with van der Waals surface area (Å²) in [6.45, 7) is 0. The predicted octanol–water partition coefficient (Wildman–Crippen LogP) is 4.01. The van der Waals surface area contributed by atoms with E-state index < -0.39 is 26.9 Å². The maximum absolute atomic E-state index is 15.0. The molecule has 2 heterocycles. The van der Waals surface area contributed by atoms with Crippen LogP contribution in [0, 0.1) is 5.82 Å². The molecule has 5 rings (SSSR count). The van der Waals surface area contributed by atoms with Gasteiger partial charge in [0, 0.05) is 11.6 Å². The molecule has 0 spiro atoms. The lowest BCUT2D eigenvalue weighted by Gasteiger charge is -2.23. The van der Waals surface area contributed by atoms with E-state index in [1.54, 1.807) is 0 Å². The Kier molecular flexibility index (Phi) is 4.85. The molecule has 11 heteroatoms. The van der Waals surface area contributed by atoms with Crippen LogP contribution in [0.3, 0.4) is 0 Å². The van der Waals surface area contributed by atoms with Crippen molar-refractivity contribution in [1.82, 2.24) is 19.5 Å². The van der Waals surface area contributed by atoms with Crippen LogP contribution in [0.25, 0.3) is 33.2 Å². The van der Waals surface area contributed by atoms with E-state index in [0.29, 0.717) is 17.2 Å². The second-order valence-corrected chi connectivity index (χ2v) is 9.35. The van der Waals surface area contributed by atoms with Crippen LogP contribution >= 0.6 is 0 Å². The number of aromatic nitrogens is 4. The average molecular weight is 457 g/mol. The van der Waals surface area contributed by atoms with Gasteiger partial charge in [0.2, 0.25) is 0 Å². The Morgan fingerprint density at radius 3 is 2.72 bits per heavy atom. The van der Waals surface area contributed by atoms with E-state index in [4.69, 9.17) is 5.73 Å². The molecule has 0 aliphatic heterocycles. The minimum Gasteiger partial charge on any atom is -0.344 e. The zero-order chi connectivity index (χ0) is 22.5. The number of carbonyl (C=O) groups excluding carboxylic acids is 1. The van der Waals surface area contributed by atoms with Crippen LogP contribution in [0.15, 0.2) is 41.8 Å². The maximum Gasteiger partial charge on any atom is 0.420 e. The van der Waals surface area contributed by atoms with Gasteiger partial charge in [-0.15, -0.1) is 0 Å². The summed E-state index contributed by atoms with van der Waals surface area (Å²) in [5.74, 6) is -1.10. The second kappa shape index (κ2) is 7.59. The summed E-state index contributed by atoms with van der Waals surface area (Å²) in [6.07, 6.45) is 7.43. The maximum atomic E-state index is 15.0. The fraction of sp³-hybridized carbons (Fsp3) is 0.286. The van der Waals surface area contributed by atoms with E-state index in [0.717, 1.165) is 29.9 Å². The van der Waals surface area contributed by atoms with Crippen LogP contribution in [0.4, 0.5) is 9.18 Å². The Labute approximate surface area is 182 Å². The van der Waals surface area contributed by atoms with Crippen molar-refractivity contribution < 1.29 is 21.8 Å². The standard InChI is InChI=1S/C21H20FN5O4S/c22-15-9-14(18-19(25-10-24-18)20(15)32(29,30)31-21(23)28)12-6-7-17-16(8-12)26-11-27(17)13-4-2-1-3-5-13/h6-11,13H,1-5H2,(H2,23,28)(H,24,25). The Hall–Kier alpha value is -3.47. The Morgan fingerprint density at radius 2 is 1.97 bits per heavy atom. The molecule has 1 aliphatic rings. The SMILES string of the molecule is NC(=O)OS(=O)(=O)c1c(F)cc(-c2ccc3c(c2)ncn3C2CCCCC2)c2[nH]cnc12. The predicted molar refractivity (Wildman–Crippen MR) is 115 cm³/mol. The zero-order valence-corrected chi connectivity index (χ0v) is 17.7. The number of fused-ring (bicyclic) bond motifs is 2. The smallest absolute Gasteiger partial charge is 0.344 e. The van der Waals surface area contributed by atoms with Gasteiger partial charge in [-0.3, -0.25) is 0 Å². The van der Waals surface area contributed by atoms with Crippen molar-refractivity contribution in [1.29, 1.82) is 0 Å². The van der Waals surface area contributed by atoms with Gasteiger partial charge >= 0.3 is 16.2 Å². The van der Waals surface area contributed by atoms with Gasteiger partial charge in [0.15, 0.2) is 4.90 Å². The highest BCUT2D eigenvalue weighted by atomic mass is 32.2. The molecule has 0 atom stereocenters. The lowest BCUT2D eigenvalue weighted by atomic mass is 9.95. The fourth-order valence-corrected chi connectivity index (χ4v) is 5.50. The van der Waals surface area contributed by atoms with E-state index in [2.05, 4.69) is 23.7 Å². The number of amides is 1. The van der Waals surface area contributed by atoms with Crippen LogP contribution < -0.4 is 5.73 Å². The highest BCUT2D eigenvalue weighted by molar-refractivity contribution is 7.87. The van der Waals surface area contributed by atoms with Gasteiger partial charge in [0.25, 0.3) is 0 Å². The number of H-pyrrole nitrogens is 1. The zero-order valence-electron chi connectivity index (χ0n) is 16.9. The molecule has 4 aromatic rings. The first kappa shape index (κ1) is 20.4. The number of benzene rings is 2. The monoisotopic (exact) mass is 457 g/mol. The fourth-order valence-electron chi connectivity index (χ4n) is 4.51. The highest BCUT2D eigenvalue weighted by Gasteiger charge is 2.29. The number of primary amides is 1. The summed E-state index contributed by atoms with van der Waals surface area (Å²) in [5.41, 5.74) is 7.71. The molecule has 0 saturated heterocycles. The molecular formula is C21H20FN5O4S. The molecule has 2 aromatic heterocycles. The van der Waals surface area contributed by atoms with Crippen molar-refractivity contribution in [3.8, 4) is 11.1 Å². The van der Waals surface area contributed by atoms with Crippen molar-refractivity contribution in [3.05, 3.63) is 42.7 Å². The Morgan fingerprint density at radius 1 is 1.19 bits per heavy atom. The number of nitrogens with zero attached hydrogens (tertiary/aromatic N) is 3. The number of imidazole rings is 2. The number of carbonyl (C=O) groups is 1. The molecule has 0 bridgehead atoms. The van der Waals surface area contributed by atoms with Crippen LogP contribution in [-0.2, 0) is 14.3 Å².